The molecule has 0 aromatic carbocycles. The third kappa shape index (κ3) is 2.24. The largest absolute Gasteiger partial charge is 0.390 e. The van der Waals surface area contributed by atoms with Crippen molar-refractivity contribution in [3.63, 3.8) is 0 Å². The van der Waals surface area contributed by atoms with Gasteiger partial charge in [0.05, 0.1) is 12.3 Å². The molecule has 17 heavy (non-hydrogen) atoms. The molecule has 1 aliphatic rings. The number of hydrogen-bond acceptors (Lipinski definition) is 3. The summed E-state index contributed by atoms with van der Waals surface area (Å²) >= 11 is 0. The highest BCUT2D eigenvalue weighted by Gasteiger charge is 2.29. The van der Waals surface area contributed by atoms with Crippen molar-refractivity contribution in [2.24, 2.45) is 5.73 Å². The molecule has 0 aliphatic carbocycles. The lowest BCUT2D eigenvalue weighted by atomic mass is 9.88. The lowest BCUT2D eigenvalue weighted by Gasteiger charge is -2.26. The van der Waals surface area contributed by atoms with Crippen LogP contribution in [0, 0.1) is 0 Å². The van der Waals surface area contributed by atoms with Gasteiger partial charge >= 0.3 is 0 Å². The maximum Gasteiger partial charge on any atom is 0.115 e. The molecule has 0 saturated carbocycles. The average molecular weight is 237 g/mol. The first-order chi connectivity index (χ1) is 8.10. The number of aliphatic hydroxyl groups is 1. The van der Waals surface area contributed by atoms with E-state index in [1.807, 2.05) is 0 Å². The number of nitrogens with zero attached hydrogens (tertiary/aromatic N) is 2. The van der Waals surface area contributed by atoms with Gasteiger partial charge in [0.1, 0.15) is 5.82 Å². The number of fused-ring (bicyclic) bond motifs is 1. The number of nitrogens with two attached hydrogens (primary N) is 1. The Morgan fingerprint density at radius 3 is 2.82 bits per heavy atom. The van der Waals surface area contributed by atoms with E-state index in [2.05, 4.69) is 23.4 Å². The summed E-state index contributed by atoms with van der Waals surface area (Å²) in [6, 6.07) is 0. The number of imidazole rings is 1. The standard InChI is InChI=1S/C13H23N3O/c1-13(2,6-7-14)12-15-10(9-17)11-5-3-4-8-16(11)12/h17H,3-9,14H2,1-2H3. The highest BCUT2D eigenvalue weighted by Crippen LogP contribution is 2.31. The van der Waals surface area contributed by atoms with E-state index in [0.717, 1.165) is 30.9 Å². The molecule has 0 amide bonds. The summed E-state index contributed by atoms with van der Waals surface area (Å²) in [5.74, 6) is 1.10. The summed E-state index contributed by atoms with van der Waals surface area (Å²) in [7, 11) is 0. The van der Waals surface area contributed by atoms with Crippen molar-refractivity contribution < 1.29 is 5.11 Å². The van der Waals surface area contributed by atoms with E-state index in [-0.39, 0.29) is 12.0 Å². The van der Waals surface area contributed by atoms with E-state index in [4.69, 9.17) is 5.73 Å². The first-order valence-electron chi connectivity index (χ1n) is 6.50. The fourth-order valence-electron chi connectivity index (χ4n) is 2.73. The quantitative estimate of drug-likeness (QED) is 0.830. The zero-order chi connectivity index (χ0) is 12.5. The smallest absolute Gasteiger partial charge is 0.115 e. The van der Waals surface area contributed by atoms with Crippen LogP contribution in [0.3, 0.4) is 0 Å². The van der Waals surface area contributed by atoms with Gasteiger partial charge in [0.15, 0.2) is 0 Å². The molecule has 4 nitrogen and oxygen atoms in total. The van der Waals surface area contributed by atoms with Crippen molar-refractivity contribution in [2.75, 3.05) is 6.54 Å². The van der Waals surface area contributed by atoms with Crippen molar-refractivity contribution in [1.82, 2.24) is 9.55 Å². The van der Waals surface area contributed by atoms with Crippen LogP contribution in [0.4, 0.5) is 0 Å². The van der Waals surface area contributed by atoms with Gasteiger partial charge in [-0.05, 0) is 32.2 Å². The summed E-state index contributed by atoms with van der Waals surface area (Å²) in [6.07, 6.45) is 4.38. The molecule has 0 radical (unpaired) electrons. The molecule has 4 heteroatoms. The van der Waals surface area contributed by atoms with Gasteiger partial charge in [0, 0.05) is 17.7 Å². The molecule has 0 unspecified atom stereocenters. The maximum absolute atomic E-state index is 9.40. The van der Waals surface area contributed by atoms with Gasteiger partial charge in [-0.2, -0.15) is 0 Å². The summed E-state index contributed by atoms with van der Waals surface area (Å²) in [5, 5.41) is 9.40. The van der Waals surface area contributed by atoms with E-state index >= 15 is 0 Å². The number of aliphatic hydroxyl groups excluding tert-OH is 1. The van der Waals surface area contributed by atoms with Crippen molar-refractivity contribution >= 4 is 0 Å². The summed E-state index contributed by atoms with van der Waals surface area (Å²) < 4.78 is 2.31. The van der Waals surface area contributed by atoms with Crippen LogP contribution in [0.15, 0.2) is 0 Å². The first kappa shape index (κ1) is 12.6. The molecule has 3 N–H and O–H groups in total. The monoisotopic (exact) mass is 237 g/mol. The molecular weight excluding hydrogens is 214 g/mol. The molecule has 1 aliphatic heterocycles. The Morgan fingerprint density at radius 1 is 1.41 bits per heavy atom. The Bertz CT molecular complexity index is 396. The van der Waals surface area contributed by atoms with Gasteiger partial charge in [-0.25, -0.2) is 4.98 Å². The van der Waals surface area contributed by atoms with Gasteiger partial charge in [-0.15, -0.1) is 0 Å². The zero-order valence-electron chi connectivity index (χ0n) is 10.9. The second-order valence-corrected chi connectivity index (χ2v) is 5.52. The van der Waals surface area contributed by atoms with Crippen molar-refractivity contribution in [3.8, 4) is 0 Å². The molecule has 0 bridgehead atoms. The lowest BCUT2D eigenvalue weighted by Crippen LogP contribution is -2.27. The Labute approximate surface area is 103 Å². The third-order valence-electron chi connectivity index (χ3n) is 3.73. The normalized spacial score (nSPS) is 16.0. The van der Waals surface area contributed by atoms with Gasteiger partial charge in [0.2, 0.25) is 0 Å². The van der Waals surface area contributed by atoms with E-state index < -0.39 is 0 Å². The van der Waals surface area contributed by atoms with E-state index in [1.54, 1.807) is 0 Å². The summed E-state index contributed by atoms with van der Waals surface area (Å²) in [6.45, 7) is 6.12. The van der Waals surface area contributed by atoms with Gasteiger partial charge in [0.25, 0.3) is 0 Å². The van der Waals surface area contributed by atoms with Crippen LogP contribution in [-0.2, 0) is 25.0 Å². The SMILES string of the molecule is CC(C)(CCN)c1nc(CO)c2n1CCCC2. The molecule has 1 aromatic heterocycles. The van der Waals surface area contributed by atoms with Crippen molar-refractivity contribution in [1.29, 1.82) is 0 Å². The number of hydrogen-bond donors (Lipinski definition) is 2. The van der Waals surface area contributed by atoms with E-state index in [1.165, 1.54) is 18.5 Å². The number of aromatic nitrogens is 2. The Kier molecular flexibility index (Phi) is 3.54. The van der Waals surface area contributed by atoms with Crippen LogP contribution in [0.2, 0.25) is 0 Å². The number of rotatable bonds is 4. The Hall–Kier alpha value is -0.870. The maximum atomic E-state index is 9.40. The second-order valence-electron chi connectivity index (χ2n) is 5.52. The minimum atomic E-state index is -0.00569. The second kappa shape index (κ2) is 4.78. The van der Waals surface area contributed by atoms with E-state index in [0.29, 0.717) is 6.54 Å². The molecule has 0 atom stereocenters. The van der Waals surface area contributed by atoms with Crippen LogP contribution in [0.1, 0.15) is 50.3 Å². The fraction of sp³-hybridized carbons (Fsp3) is 0.769. The van der Waals surface area contributed by atoms with Crippen LogP contribution >= 0.6 is 0 Å². The first-order valence-corrected chi connectivity index (χ1v) is 6.50. The average Bonchev–Trinajstić information content (AvgIpc) is 2.68. The predicted molar refractivity (Wildman–Crippen MR) is 67.8 cm³/mol. The predicted octanol–water partition coefficient (Wildman–Crippen LogP) is 1.34. The topological polar surface area (TPSA) is 64.1 Å². The van der Waals surface area contributed by atoms with Crippen LogP contribution in [0.5, 0.6) is 0 Å². The van der Waals surface area contributed by atoms with Gasteiger partial charge in [-0.3, -0.25) is 0 Å². The Morgan fingerprint density at radius 2 is 2.18 bits per heavy atom. The van der Waals surface area contributed by atoms with E-state index in [9.17, 15) is 5.11 Å². The molecule has 1 aromatic rings. The molecular formula is C13H23N3O. The minimum Gasteiger partial charge on any atom is -0.390 e. The molecule has 0 spiro atoms. The lowest BCUT2D eigenvalue weighted by molar-refractivity contribution is 0.275. The van der Waals surface area contributed by atoms with Crippen LogP contribution < -0.4 is 5.73 Å². The molecule has 2 rings (SSSR count). The van der Waals surface area contributed by atoms with Gasteiger partial charge < -0.3 is 15.4 Å². The summed E-state index contributed by atoms with van der Waals surface area (Å²) in [5.41, 5.74) is 7.78. The van der Waals surface area contributed by atoms with Crippen molar-refractivity contribution in [3.05, 3.63) is 17.2 Å². The molecule has 96 valence electrons. The fourth-order valence-corrected chi connectivity index (χ4v) is 2.73. The van der Waals surface area contributed by atoms with Crippen molar-refractivity contribution in [2.45, 2.75) is 58.1 Å². The van der Waals surface area contributed by atoms with Crippen LogP contribution in [-0.4, -0.2) is 21.2 Å². The van der Waals surface area contributed by atoms with Crippen LogP contribution in [0.25, 0.3) is 0 Å². The zero-order valence-corrected chi connectivity index (χ0v) is 10.9. The summed E-state index contributed by atoms with van der Waals surface area (Å²) in [4.78, 5) is 4.66. The van der Waals surface area contributed by atoms with Gasteiger partial charge in [-0.1, -0.05) is 13.8 Å². The Balaban J connectivity index is 2.43. The highest BCUT2D eigenvalue weighted by molar-refractivity contribution is 5.22. The minimum absolute atomic E-state index is 0.00569. The third-order valence-corrected chi connectivity index (χ3v) is 3.73. The highest BCUT2D eigenvalue weighted by atomic mass is 16.3. The molecule has 2 heterocycles. The molecule has 0 fully saturated rings. The molecule has 0 saturated heterocycles.